The van der Waals surface area contributed by atoms with Crippen LogP contribution in [0.3, 0.4) is 0 Å². The number of hydrogen-bond acceptors (Lipinski definition) is 6. The Morgan fingerprint density at radius 1 is 0.933 bits per heavy atom. The predicted molar refractivity (Wildman–Crippen MR) is 112 cm³/mol. The lowest BCUT2D eigenvalue weighted by molar-refractivity contribution is -0.142. The van der Waals surface area contributed by atoms with Crippen molar-refractivity contribution in [2.75, 3.05) is 35.0 Å². The van der Waals surface area contributed by atoms with Crippen molar-refractivity contribution in [1.29, 1.82) is 0 Å². The van der Waals surface area contributed by atoms with E-state index in [-0.39, 0.29) is 25.0 Å². The summed E-state index contributed by atoms with van der Waals surface area (Å²) in [6, 6.07) is 11.7. The number of rotatable bonds is 10. The van der Waals surface area contributed by atoms with Crippen molar-refractivity contribution in [3.63, 3.8) is 0 Å². The van der Waals surface area contributed by atoms with E-state index in [0.717, 1.165) is 5.56 Å². The molecule has 0 spiro atoms. The lowest BCUT2D eigenvalue weighted by Gasteiger charge is -2.28. The van der Waals surface area contributed by atoms with Crippen LogP contribution in [0.25, 0.3) is 0 Å². The van der Waals surface area contributed by atoms with Crippen molar-refractivity contribution in [3.05, 3.63) is 48.0 Å². The Labute approximate surface area is 176 Å². The van der Waals surface area contributed by atoms with Crippen LogP contribution in [0, 0.1) is 0 Å². The van der Waals surface area contributed by atoms with Crippen molar-refractivity contribution in [1.82, 2.24) is 10.2 Å². The van der Waals surface area contributed by atoms with Gasteiger partial charge >= 0.3 is 0 Å². The zero-order chi connectivity index (χ0) is 22.1. The molecule has 0 aliphatic rings. The molecule has 0 aromatic heterocycles. The maximum absolute atomic E-state index is 13.0. The molecular weight excluding hydrogens is 388 g/mol. The lowest BCUT2D eigenvalue weighted by Crippen LogP contribution is -2.48. The van der Waals surface area contributed by atoms with E-state index in [1.807, 2.05) is 24.3 Å². The van der Waals surface area contributed by atoms with E-state index in [2.05, 4.69) is 5.32 Å². The van der Waals surface area contributed by atoms with Crippen molar-refractivity contribution in [3.8, 4) is 23.0 Å². The molecule has 2 rings (SSSR count). The van der Waals surface area contributed by atoms with Crippen LogP contribution in [0.1, 0.15) is 12.5 Å². The van der Waals surface area contributed by atoms with Crippen LogP contribution >= 0.6 is 0 Å². The normalized spacial score (nSPS) is 11.2. The second-order valence-electron chi connectivity index (χ2n) is 6.50. The van der Waals surface area contributed by atoms with Gasteiger partial charge in [0.15, 0.2) is 6.61 Å². The smallest absolute Gasteiger partial charge is 0.261 e. The Bertz CT molecular complexity index is 848. The van der Waals surface area contributed by atoms with Crippen molar-refractivity contribution in [2.24, 2.45) is 0 Å². The van der Waals surface area contributed by atoms with Crippen LogP contribution < -0.4 is 24.3 Å². The highest BCUT2D eigenvalue weighted by molar-refractivity contribution is 5.87. The molecule has 0 aliphatic heterocycles. The molecule has 0 saturated carbocycles. The van der Waals surface area contributed by atoms with E-state index >= 15 is 0 Å². The maximum atomic E-state index is 13.0. The molecule has 0 unspecified atom stereocenters. The van der Waals surface area contributed by atoms with Crippen molar-refractivity contribution >= 4 is 11.8 Å². The molecule has 0 heterocycles. The molecule has 0 fully saturated rings. The van der Waals surface area contributed by atoms with Crippen LogP contribution in [0.4, 0.5) is 0 Å². The van der Waals surface area contributed by atoms with E-state index in [0.29, 0.717) is 23.0 Å². The topological polar surface area (TPSA) is 86.3 Å². The molecule has 8 heteroatoms. The molecule has 0 radical (unpaired) electrons. The van der Waals surface area contributed by atoms with Gasteiger partial charge in [-0.25, -0.2) is 0 Å². The van der Waals surface area contributed by atoms with Gasteiger partial charge in [-0.1, -0.05) is 12.1 Å². The largest absolute Gasteiger partial charge is 0.497 e. The summed E-state index contributed by atoms with van der Waals surface area (Å²) >= 11 is 0. The molecule has 2 aromatic rings. The fourth-order valence-electron chi connectivity index (χ4n) is 2.85. The van der Waals surface area contributed by atoms with Crippen LogP contribution in [-0.2, 0) is 16.1 Å². The fourth-order valence-corrected chi connectivity index (χ4v) is 2.85. The molecule has 2 amide bonds. The number of carbonyl (C=O) groups excluding carboxylic acids is 2. The van der Waals surface area contributed by atoms with Crippen LogP contribution in [-0.4, -0.2) is 57.7 Å². The first-order chi connectivity index (χ1) is 14.4. The number of carbonyl (C=O) groups is 2. The number of likely N-dealkylation sites (N-methyl/N-ethyl adjacent to an activating group) is 1. The van der Waals surface area contributed by atoms with E-state index in [9.17, 15) is 9.59 Å². The van der Waals surface area contributed by atoms with Gasteiger partial charge in [0.05, 0.1) is 21.3 Å². The second-order valence-corrected chi connectivity index (χ2v) is 6.50. The summed E-state index contributed by atoms with van der Waals surface area (Å²) in [6.45, 7) is 1.66. The molecule has 0 saturated heterocycles. The zero-order valence-electron chi connectivity index (χ0n) is 17.9. The number of ether oxygens (including phenoxy) is 4. The summed E-state index contributed by atoms with van der Waals surface area (Å²) in [5.41, 5.74) is 0.835. The van der Waals surface area contributed by atoms with E-state index in [1.165, 1.54) is 26.2 Å². The van der Waals surface area contributed by atoms with Gasteiger partial charge in [0.2, 0.25) is 5.91 Å². The van der Waals surface area contributed by atoms with Gasteiger partial charge in [0.25, 0.3) is 5.91 Å². The summed E-state index contributed by atoms with van der Waals surface area (Å²) in [5.74, 6) is 1.58. The first-order valence-corrected chi connectivity index (χ1v) is 9.41. The van der Waals surface area contributed by atoms with E-state index < -0.39 is 6.04 Å². The predicted octanol–water partition coefficient (Wildman–Crippen LogP) is 2.25. The first-order valence-electron chi connectivity index (χ1n) is 9.41. The number of methoxy groups -OCH3 is 3. The highest BCUT2D eigenvalue weighted by Crippen LogP contribution is 2.27. The van der Waals surface area contributed by atoms with Gasteiger partial charge in [-0.05, 0) is 24.6 Å². The minimum Gasteiger partial charge on any atom is -0.497 e. The monoisotopic (exact) mass is 416 g/mol. The highest BCUT2D eigenvalue weighted by atomic mass is 16.5. The van der Waals surface area contributed by atoms with Gasteiger partial charge < -0.3 is 29.2 Å². The van der Waals surface area contributed by atoms with Gasteiger partial charge in [-0.2, -0.15) is 0 Å². The van der Waals surface area contributed by atoms with Crippen molar-refractivity contribution in [2.45, 2.75) is 19.5 Å². The summed E-state index contributed by atoms with van der Waals surface area (Å²) < 4.78 is 21.3. The average Bonchev–Trinajstić information content (AvgIpc) is 2.79. The number of nitrogens with zero attached hydrogens (tertiary/aromatic N) is 1. The van der Waals surface area contributed by atoms with E-state index in [1.54, 1.807) is 32.2 Å². The van der Waals surface area contributed by atoms with Gasteiger partial charge in [-0.3, -0.25) is 9.59 Å². The highest BCUT2D eigenvalue weighted by Gasteiger charge is 2.26. The molecule has 1 atom stereocenters. The molecule has 0 bridgehead atoms. The molecule has 162 valence electrons. The average molecular weight is 416 g/mol. The molecule has 1 N–H and O–H groups in total. The third-order valence-corrected chi connectivity index (χ3v) is 4.59. The second kappa shape index (κ2) is 10.9. The zero-order valence-corrected chi connectivity index (χ0v) is 17.9. The Balaban J connectivity index is 2.19. The minimum atomic E-state index is -0.683. The minimum absolute atomic E-state index is 0.232. The number of amides is 2. The first kappa shape index (κ1) is 22.9. The van der Waals surface area contributed by atoms with Crippen LogP contribution in [0.5, 0.6) is 23.0 Å². The molecular formula is C22H28N2O6. The van der Waals surface area contributed by atoms with Gasteiger partial charge in [0, 0.05) is 31.8 Å². The Kier molecular flexibility index (Phi) is 8.34. The van der Waals surface area contributed by atoms with E-state index in [4.69, 9.17) is 18.9 Å². The van der Waals surface area contributed by atoms with Gasteiger partial charge in [0.1, 0.15) is 29.0 Å². The maximum Gasteiger partial charge on any atom is 0.261 e. The summed E-state index contributed by atoms with van der Waals surface area (Å²) in [6.07, 6.45) is 0. The summed E-state index contributed by atoms with van der Waals surface area (Å²) in [5, 5.41) is 2.58. The Morgan fingerprint density at radius 3 is 2.10 bits per heavy atom. The molecule has 0 aliphatic carbocycles. The molecule has 2 aromatic carbocycles. The van der Waals surface area contributed by atoms with Crippen LogP contribution in [0.15, 0.2) is 42.5 Å². The quantitative estimate of drug-likeness (QED) is 0.639. The molecule has 30 heavy (non-hydrogen) atoms. The number of nitrogens with one attached hydrogen (secondary N) is 1. The standard InChI is InChI=1S/C22H28N2O6/c1-15(22(26)23-2)24(13-16-7-6-8-17(9-16)27-3)21(25)14-30-20-11-18(28-4)10-19(12-20)29-5/h6-12,15H,13-14H2,1-5H3,(H,23,26)/t15-/m0/s1. The summed E-state index contributed by atoms with van der Waals surface area (Å²) in [4.78, 5) is 26.6. The number of hydrogen-bond donors (Lipinski definition) is 1. The van der Waals surface area contributed by atoms with Gasteiger partial charge in [-0.15, -0.1) is 0 Å². The fraction of sp³-hybridized carbons (Fsp3) is 0.364. The third kappa shape index (κ3) is 6.04. The summed E-state index contributed by atoms with van der Waals surface area (Å²) in [7, 11) is 6.17. The Hall–Kier alpha value is -3.42. The SMILES string of the molecule is CNC(=O)[C@H](C)N(Cc1cccc(OC)c1)C(=O)COc1cc(OC)cc(OC)c1. The van der Waals surface area contributed by atoms with Crippen LogP contribution in [0.2, 0.25) is 0 Å². The molecule has 8 nitrogen and oxygen atoms in total. The third-order valence-electron chi connectivity index (χ3n) is 4.59. The number of benzene rings is 2. The Morgan fingerprint density at radius 2 is 1.53 bits per heavy atom. The van der Waals surface area contributed by atoms with Crippen molar-refractivity contribution < 1.29 is 28.5 Å². The lowest BCUT2D eigenvalue weighted by atomic mass is 10.1.